The molecule has 2 aromatic carbocycles. The summed E-state index contributed by atoms with van der Waals surface area (Å²) in [7, 11) is 0.988. The van der Waals surface area contributed by atoms with Crippen molar-refractivity contribution in [2.24, 2.45) is 0 Å². The van der Waals surface area contributed by atoms with Gasteiger partial charge in [-0.15, -0.1) is 0 Å². The molecular weight excluding hydrogens is 424 g/mol. The maximum absolute atomic E-state index is 12.8. The number of carbonyl (C=O) groups is 1. The van der Waals surface area contributed by atoms with Crippen molar-refractivity contribution >= 4 is 15.9 Å². The Kier molecular flexibility index (Phi) is 7.96. The largest absolute Gasteiger partial charge is 0.496 e. The van der Waals surface area contributed by atoms with E-state index in [-0.39, 0.29) is 23.3 Å². The third kappa shape index (κ3) is 5.51. The number of nitrogens with zero attached hydrogens (tertiary/aromatic N) is 1. The fraction of sp³-hybridized carbons (Fsp3) is 0.480. The molecule has 32 heavy (non-hydrogen) atoms. The minimum Gasteiger partial charge on any atom is -0.496 e. The summed E-state index contributed by atoms with van der Waals surface area (Å²) >= 11 is 0. The molecule has 1 aliphatic rings. The van der Waals surface area contributed by atoms with Gasteiger partial charge in [-0.2, -0.15) is 0 Å². The molecule has 0 aliphatic heterocycles. The first kappa shape index (κ1) is 24.3. The van der Waals surface area contributed by atoms with Crippen molar-refractivity contribution in [1.82, 2.24) is 9.62 Å². The van der Waals surface area contributed by atoms with Gasteiger partial charge >= 0.3 is 0 Å². The van der Waals surface area contributed by atoms with Crippen molar-refractivity contribution in [2.45, 2.75) is 62.8 Å². The summed E-state index contributed by atoms with van der Waals surface area (Å²) in [5.74, 6) is 0.523. The van der Waals surface area contributed by atoms with Gasteiger partial charge in [-0.3, -0.25) is 4.79 Å². The molecule has 1 aliphatic carbocycles. The SMILES string of the molecule is CC[C@@H](NC(=O)CCc1cc(S(=O)(=O)N(C)C)ccc1OC)c1ccc2c(c1)CCCC2. The summed E-state index contributed by atoms with van der Waals surface area (Å²) in [5, 5.41) is 3.15. The van der Waals surface area contributed by atoms with Crippen LogP contribution in [0.5, 0.6) is 5.75 Å². The van der Waals surface area contributed by atoms with Gasteiger partial charge in [0, 0.05) is 20.5 Å². The van der Waals surface area contributed by atoms with Crippen LogP contribution < -0.4 is 10.1 Å². The Morgan fingerprint density at radius 3 is 2.47 bits per heavy atom. The minimum absolute atomic E-state index is 0.0305. The number of fused-ring (bicyclic) bond motifs is 1. The summed E-state index contributed by atoms with van der Waals surface area (Å²) in [6.45, 7) is 2.07. The van der Waals surface area contributed by atoms with Gasteiger partial charge in [0.2, 0.25) is 15.9 Å². The van der Waals surface area contributed by atoms with Crippen molar-refractivity contribution in [1.29, 1.82) is 0 Å². The lowest BCUT2D eigenvalue weighted by molar-refractivity contribution is -0.121. The molecule has 2 aromatic rings. The average molecular weight is 459 g/mol. The van der Waals surface area contributed by atoms with E-state index in [9.17, 15) is 13.2 Å². The van der Waals surface area contributed by atoms with Crippen LogP contribution in [0.3, 0.4) is 0 Å². The van der Waals surface area contributed by atoms with Crippen LogP contribution in [-0.2, 0) is 34.1 Å². The molecule has 6 nitrogen and oxygen atoms in total. The van der Waals surface area contributed by atoms with Crippen LogP contribution in [0.25, 0.3) is 0 Å². The van der Waals surface area contributed by atoms with Crippen LogP contribution in [-0.4, -0.2) is 39.8 Å². The molecule has 1 N–H and O–H groups in total. The smallest absolute Gasteiger partial charge is 0.242 e. The highest BCUT2D eigenvalue weighted by Gasteiger charge is 2.20. The Balaban J connectivity index is 1.69. The number of hydrogen-bond donors (Lipinski definition) is 1. The van der Waals surface area contributed by atoms with Crippen LogP contribution in [0.4, 0.5) is 0 Å². The van der Waals surface area contributed by atoms with Gasteiger partial charge in [-0.25, -0.2) is 12.7 Å². The number of rotatable bonds is 9. The van der Waals surface area contributed by atoms with E-state index in [2.05, 4.69) is 30.4 Å². The minimum atomic E-state index is -3.55. The van der Waals surface area contributed by atoms with Gasteiger partial charge in [0.1, 0.15) is 5.75 Å². The standard InChI is InChI=1S/C25H34N2O4S/c1-5-23(20-11-10-18-8-6-7-9-19(18)16-20)26-25(28)15-12-21-17-22(13-14-24(21)31-4)32(29,30)27(2)3/h10-11,13-14,16-17,23H,5-9,12,15H2,1-4H3,(H,26,28)/t23-/m1/s1. The molecular formula is C25H34N2O4S. The summed E-state index contributed by atoms with van der Waals surface area (Å²) in [5.41, 5.74) is 4.69. The van der Waals surface area contributed by atoms with Crippen molar-refractivity contribution in [3.63, 3.8) is 0 Å². The van der Waals surface area contributed by atoms with Crippen molar-refractivity contribution in [2.75, 3.05) is 21.2 Å². The molecule has 174 valence electrons. The van der Waals surface area contributed by atoms with E-state index in [1.165, 1.54) is 48.4 Å². The molecule has 1 atom stereocenters. The maximum Gasteiger partial charge on any atom is 0.242 e. The average Bonchev–Trinajstić information content (AvgIpc) is 2.80. The molecule has 1 amide bonds. The van der Waals surface area contributed by atoms with Gasteiger partial charge in [0.05, 0.1) is 18.0 Å². The van der Waals surface area contributed by atoms with Crippen molar-refractivity contribution < 1.29 is 17.9 Å². The van der Waals surface area contributed by atoms with E-state index < -0.39 is 10.0 Å². The lowest BCUT2D eigenvalue weighted by Gasteiger charge is -2.22. The number of nitrogens with one attached hydrogen (secondary N) is 1. The predicted octanol–water partition coefficient (Wildman–Crippen LogP) is 4.02. The van der Waals surface area contributed by atoms with Gasteiger partial charge in [-0.1, -0.05) is 25.1 Å². The molecule has 0 saturated carbocycles. The number of sulfonamides is 1. The lowest BCUT2D eigenvalue weighted by atomic mass is 9.88. The number of methoxy groups -OCH3 is 1. The third-order valence-corrected chi connectivity index (χ3v) is 7.98. The van der Waals surface area contributed by atoms with E-state index >= 15 is 0 Å². The fourth-order valence-electron chi connectivity index (χ4n) is 4.23. The second-order valence-corrected chi connectivity index (χ2v) is 10.7. The van der Waals surface area contributed by atoms with Gasteiger partial charge in [0.15, 0.2) is 0 Å². The molecule has 0 aromatic heterocycles. The van der Waals surface area contributed by atoms with Crippen molar-refractivity contribution in [3.8, 4) is 5.75 Å². The lowest BCUT2D eigenvalue weighted by Crippen LogP contribution is -2.28. The number of hydrogen-bond acceptors (Lipinski definition) is 4. The van der Waals surface area contributed by atoms with Crippen LogP contribution >= 0.6 is 0 Å². The Bertz CT molecular complexity index is 1060. The van der Waals surface area contributed by atoms with E-state index in [4.69, 9.17) is 4.74 Å². The Hall–Kier alpha value is -2.38. The van der Waals surface area contributed by atoms with Crippen LogP contribution in [0.15, 0.2) is 41.3 Å². The highest BCUT2D eigenvalue weighted by atomic mass is 32.2. The van der Waals surface area contributed by atoms with E-state index in [1.807, 2.05) is 0 Å². The Morgan fingerprint density at radius 1 is 1.09 bits per heavy atom. The summed E-state index contributed by atoms with van der Waals surface area (Å²) in [4.78, 5) is 13.0. The topological polar surface area (TPSA) is 75.7 Å². The van der Waals surface area contributed by atoms with Crippen LogP contribution in [0, 0.1) is 0 Å². The molecule has 0 heterocycles. The zero-order valence-electron chi connectivity index (χ0n) is 19.5. The van der Waals surface area contributed by atoms with E-state index in [1.54, 1.807) is 19.2 Å². The number of ether oxygens (including phenoxy) is 1. The highest BCUT2D eigenvalue weighted by molar-refractivity contribution is 7.89. The Labute approximate surface area is 192 Å². The molecule has 7 heteroatoms. The zero-order chi connectivity index (χ0) is 23.3. The quantitative estimate of drug-likeness (QED) is 0.616. The third-order valence-electron chi connectivity index (χ3n) is 6.17. The van der Waals surface area contributed by atoms with E-state index in [0.717, 1.165) is 24.8 Å². The van der Waals surface area contributed by atoms with Crippen LogP contribution in [0.1, 0.15) is 60.9 Å². The normalized spacial score (nSPS) is 14.7. The molecule has 0 bridgehead atoms. The maximum atomic E-state index is 12.8. The number of benzene rings is 2. The molecule has 3 rings (SSSR count). The van der Waals surface area contributed by atoms with Gasteiger partial charge < -0.3 is 10.1 Å². The number of aryl methyl sites for hydroxylation is 3. The Morgan fingerprint density at radius 2 is 1.81 bits per heavy atom. The molecule has 0 saturated heterocycles. The van der Waals surface area contributed by atoms with Gasteiger partial charge in [0.25, 0.3) is 0 Å². The fourth-order valence-corrected chi connectivity index (χ4v) is 5.18. The molecule has 0 spiro atoms. The summed E-state index contributed by atoms with van der Waals surface area (Å²) in [6.07, 6.45) is 6.19. The monoisotopic (exact) mass is 458 g/mol. The molecule has 0 radical (unpaired) electrons. The summed E-state index contributed by atoms with van der Waals surface area (Å²) < 4.78 is 31.5. The highest BCUT2D eigenvalue weighted by Crippen LogP contribution is 2.27. The first-order valence-electron chi connectivity index (χ1n) is 11.3. The second-order valence-electron chi connectivity index (χ2n) is 8.52. The summed E-state index contributed by atoms with van der Waals surface area (Å²) in [6, 6.07) is 11.3. The predicted molar refractivity (Wildman–Crippen MR) is 126 cm³/mol. The molecule has 0 fully saturated rings. The van der Waals surface area contributed by atoms with Gasteiger partial charge in [-0.05, 0) is 79.0 Å². The number of carbonyl (C=O) groups excluding carboxylic acids is 1. The van der Waals surface area contributed by atoms with Crippen molar-refractivity contribution in [3.05, 3.63) is 58.7 Å². The first-order chi connectivity index (χ1) is 15.3. The van der Waals surface area contributed by atoms with Crippen LogP contribution in [0.2, 0.25) is 0 Å². The first-order valence-corrected chi connectivity index (χ1v) is 12.7. The molecule has 0 unspecified atom stereocenters. The zero-order valence-corrected chi connectivity index (χ0v) is 20.3. The number of amides is 1. The second kappa shape index (κ2) is 10.5. The van der Waals surface area contributed by atoms with E-state index in [0.29, 0.717) is 17.7 Å².